The lowest BCUT2D eigenvalue weighted by atomic mass is 9.90. The largest absolute Gasteiger partial charge is 0.397 e. The number of carbonyl (C=O) groups excluding carboxylic acids is 1. The molecule has 3 rings (SSSR count). The molecule has 2 atom stereocenters. The number of aromatic nitrogens is 1. The smallest absolute Gasteiger partial charge is 0.275 e. The van der Waals surface area contributed by atoms with Crippen molar-refractivity contribution >= 4 is 11.6 Å². The van der Waals surface area contributed by atoms with E-state index in [-0.39, 0.29) is 18.1 Å². The SMILES string of the molecule is Nc1cccnc1C(=O)N1CCOC2CCCCC21. The molecule has 5 heteroatoms. The number of hydrogen-bond acceptors (Lipinski definition) is 4. The summed E-state index contributed by atoms with van der Waals surface area (Å²) in [6.45, 7) is 1.25. The third-order valence-corrected chi connectivity index (χ3v) is 4.03. The molecule has 1 aliphatic carbocycles. The molecular formula is C14H19N3O2. The maximum Gasteiger partial charge on any atom is 0.275 e. The van der Waals surface area contributed by atoms with Crippen LogP contribution in [0.15, 0.2) is 18.3 Å². The van der Waals surface area contributed by atoms with Gasteiger partial charge in [-0.05, 0) is 25.0 Å². The van der Waals surface area contributed by atoms with Crippen LogP contribution in [0.5, 0.6) is 0 Å². The van der Waals surface area contributed by atoms with Crippen LogP contribution in [-0.4, -0.2) is 41.1 Å². The van der Waals surface area contributed by atoms with Gasteiger partial charge in [-0.15, -0.1) is 0 Å². The van der Waals surface area contributed by atoms with E-state index in [9.17, 15) is 4.79 Å². The van der Waals surface area contributed by atoms with E-state index in [0.717, 1.165) is 19.3 Å². The summed E-state index contributed by atoms with van der Waals surface area (Å²) in [5.74, 6) is -0.0571. The van der Waals surface area contributed by atoms with Crippen LogP contribution in [0.3, 0.4) is 0 Å². The van der Waals surface area contributed by atoms with Crippen molar-refractivity contribution in [1.82, 2.24) is 9.88 Å². The molecule has 2 heterocycles. The second kappa shape index (κ2) is 5.17. The van der Waals surface area contributed by atoms with Gasteiger partial charge in [-0.3, -0.25) is 4.79 Å². The van der Waals surface area contributed by atoms with E-state index in [1.165, 1.54) is 6.42 Å². The summed E-state index contributed by atoms with van der Waals surface area (Å²) < 4.78 is 5.78. The maximum absolute atomic E-state index is 12.6. The van der Waals surface area contributed by atoms with E-state index in [1.54, 1.807) is 18.3 Å². The van der Waals surface area contributed by atoms with E-state index in [4.69, 9.17) is 10.5 Å². The van der Waals surface area contributed by atoms with Gasteiger partial charge in [0.05, 0.1) is 24.4 Å². The molecule has 102 valence electrons. The van der Waals surface area contributed by atoms with Crippen LogP contribution in [0.2, 0.25) is 0 Å². The Labute approximate surface area is 112 Å². The lowest BCUT2D eigenvalue weighted by molar-refractivity contribution is -0.0753. The Kier molecular flexibility index (Phi) is 3.38. The topological polar surface area (TPSA) is 68.5 Å². The van der Waals surface area contributed by atoms with Crippen molar-refractivity contribution in [3.63, 3.8) is 0 Å². The Morgan fingerprint density at radius 1 is 1.42 bits per heavy atom. The van der Waals surface area contributed by atoms with E-state index in [2.05, 4.69) is 4.98 Å². The van der Waals surface area contributed by atoms with Crippen LogP contribution in [0.4, 0.5) is 5.69 Å². The normalized spacial score (nSPS) is 26.8. The van der Waals surface area contributed by atoms with E-state index >= 15 is 0 Å². The number of anilines is 1. The monoisotopic (exact) mass is 261 g/mol. The van der Waals surface area contributed by atoms with Crippen molar-refractivity contribution in [2.45, 2.75) is 37.8 Å². The molecular weight excluding hydrogens is 242 g/mol. The number of amides is 1. The van der Waals surface area contributed by atoms with E-state index in [1.807, 2.05) is 4.90 Å². The van der Waals surface area contributed by atoms with E-state index < -0.39 is 0 Å². The van der Waals surface area contributed by atoms with Gasteiger partial charge in [-0.1, -0.05) is 12.8 Å². The summed E-state index contributed by atoms with van der Waals surface area (Å²) in [4.78, 5) is 18.6. The molecule has 0 spiro atoms. The first kappa shape index (κ1) is 12.4. The summed E-state index contributed by atoms with van der Waals surface area (Å²) in [6, 6.07) is 3.66. The van der Waals surface area contributed by atoms with Crippen molar-refractivity contribution in [1.29, 1.82) is 0 Å². The van der Waals surface area contributed by atoms with Gasteiger partial charge >= 0.3 is 0 Å². The first-order valence-electron chi connectivity index (χ1n) is 6.90. The molecule has 1 aliphatic heterocycles. The summed E-state index contributed by atoms with van der Waals surface area (Å²) in [5, 5.41) is 0. The van der Waals surface area contributed by atoms with Gasteiger partial charge in [-0.25, -0.2) is 4.98 Å². The Bertz CT molecular complexity index is 476. The van der Waals surface area contributed by atoms with Gasteiger partial charge in [0.25, 0.3) is 5.91 Å². The van der Waals surface area contributed by atoms with Crippen molar-refractivity contribution < 1.29 is 9.53 Å². The highest BCUT2D eigenvalue weighted by atomic mass is 16.5. The number of hydrogen-bond donors (Lipinski definition) is 1. The van der Waals surface area contributed by atoms with Gasteiger partial charge < -0.3 is 15.4 Å². The van der Waals surface area contributed by atoms with Crippen LogP contribution in [-0.2, 0) is 4.74 Å². The average molecular weight is 261 g/mol. The first-order valence-corrected chi connectivity index (χ1v) is 6.90. The maximum atomic E-state index is 12.6. The van der Waals surface area contributed by atoms with Crippen molar-refractivity contribution in [2.75, 3.05) is 18.9 Å². The van der Waals surface area contributed by atoms with Crippen molar-refractivity contribution in [3.05, 3.63) is 24.0 Å². The van der Waals surface area contributed by atoms with Gasteiger partial charge in [-0.2, -0.15) is 0 Å². The quantitative estimate of drug-likeness (QED) is 0.830. The van der Waals surface area contributed by atoms with Crippen LogP contribution >= 0.6 is 0 Å². The fourth-order valence-electron chi connectivity index (χ4n) is 3.08. The molecule has 0 aromatic carbocycles. The third kappa shape index (κ3) is 2.30. The molecule has 19 heavy (non-hydrogen) atoms. The fraction of sp³-hybridized carbons (Fsp3) is 0.571. The Hall–Kier alpha value is -1.62. The highest BCUT2D eigenvalue weighted by Gasteiger charge is 2.37. The molecule has 1 amide bonds. The van der Waals surface area contributed by atoms with E-state index in [0.29, 0.717) is 24.5 Å². The minimum Gasteiger partial charge on any atom is -0.397 e. The standard InChI is InChI=1S/C14H19N3O2/c15-10-4-3-7-16-13(10)14(18)17-8-9-19-12-6-2-1-5-11(12)17/h3-4,7,11-12H,1-2,5-6,8-9,15H2. The summed E-state index contributed by atoms with van der Waals surface area (Å²) in [7, 11) is 0. The molecule has 0 radical (unpaired) electrons. The fourth-order valence-corrected chi connectivity index (χ4v) is 3.08. The molecule has 2 aliphatic rings. The zero-order chi connectivity index (χ0) is 13.2. The number of carbonyl (C=O) groups is 1. The predicted molar refractivity (Wildman–Crippen MR) is 71.7 cm³/mol. The van der Waals surface area contributed by atoms with Gasteiger partial charge in [0.1, 0.15) is 0 Å². The number of rotatable bonds is 1. The average Bonchev–Trinajstić information content (AvgIpc) is 2.46. The molecule has 0 bridgehead atoms. The van der Waals surface area contributed by atoms with Crippen LogP contribution < -0.4 is 5.73 Å². The Morgan fingerprint density at radius 2 is 2.26 bits per heavy atom. The van der Waals surface area contributed by atoms with Gasteiger partial charge in [0, 0.05) is 12.7 Å². The number of fused-ring (bicyclic) bond motifs is 1. The molecule has 2 unspecified atom stereocenters. The number of nitrogens with zero attached hydrogens (tertiary/aromatic N) is 2. The Balaban J connectivity index is 1.84. The predicted octanol–water partition coefficient (Wildman–Crippen LogP) is 1.45. The molecule has 1 aromatic heterocycles. The van der Waals surface area contributed by atoms with Crippen LogP contribution in [0.1, 0.15) is 36.2 Å². The van der Waals surface area contributed by atoms with Crippen LogP contribution in [0.25, 0.3) is 0 Å². The number of nitrogen functional groups attached to an aromatic ring is 1. The molecule has 1 aromatic rings. The highest BCUT2D eigenvalue weighted by Crippen LogP contribution is 2.29. The zero-order valence-corrected chi connectivity index (χ0v) is 10.9. The van der Waals surface area contributed by atoms with Gasteiger partial charge in [0.15, 0.2) is 5.69 Å². The minimum absolute atomic E-state index is 0.0571. The second-order valence-electron chi connectivity index (χ2n) is 5.20. The minimum atomic E-state index is -0.0571. The van der Waals surface area contributed by atoms with Crippen molar-refractivity contribution in [2.24, 2.45) is 0 Å². The highest BCUT2D eigenvalue weighted by molar-refractivity contribution is 5.97. The lowest BCUT2D eigenvalue weighted by Crippen LogP contribution is -2.55. The number of pyridine rings is 1. The molecule has 2 fully saturated rings. The van der Waals surface area contributed by atoms with Crippen LogP contribution in [0, 0.1) is 0 Å². The second-order valence-corrected chi connectivity index (χ2v) is 5.20. The van der Waals surface area contributed by atoms with Crippen molar-refractivity contribution in [3.8, 4) is 0 Å². The van der Waals surface area contributed by atoms with Gasteiger partial charge in [0.2, 0.25) is 0 Å². The number of nitrogens with two attached hydrogens (primary N) is 1. The number of ether oxygens (including phenoxy) is 1. The zero-order valence-electron chi connectivity index (χ0n) is 10.9. The number of morpholine rings is 1. The summed E-state index contributed by atoms with van der Waals surface area (Å²) in [5.41, 5.74) is 6.67. The lowest BCUT2D eigenvalue weighted by Gasteiger charge is -2.43. The molecule has 5 nitrogen and oxygen atoms in total. The first-order chi connectivity index (χ1) is 9.27. The molecule has 2 N–H and O–H groups in total. The summed E-state index contributed by atoms with van der Waals surface area (Å²) in [6.07, 6.45) is 6.22. The molecule has 1 saturated carbocycles. The summed E-state index contributed by atoms with van der Waals surface area (Å²) >= 11 is 0. The Morgan fingerprint density at radius 3 is 3.11 bits per heavy atom. The molecule has 1 saturated heterocycles. The third-order valence-electron chi connectivity index (χ3n) is 4.03.